The van der Waals surface area contributed by atoms with Gasteiger partial charge in [-0.25, -0.2) is 9.36 Å². The largest absolute Gasteiger partial charge is 0.465 e. The van der Waals surface area contributed by atoms with Crippen molar-refractivity contribution in [1.29, 1.82) is 0 Å². The second kappa shape index (κ2) is 13.5. The van der Waals surface area contributed by atoms with Gasteiger partial charge in [-0.2, -0.15) is 5.09 Å². The standard InChI is InChI=1S/C23H31BrN3O9P/c1-4-5-6-11-32-22(29)16(3)26-37(31,36-18-9-7-17(24)8-10-18)34-14-20-33-13-19(35-20)27-12-15(2)21(28)25-23(27)30/h7-10,12,16,19-20H,4-6,11,13-14H2,1-3H3,(H,26,31)(H,25,28,30)/t16-,19+,20+,37?/m0/s1. The van der Waals surface area contributed by atoms with Crippen LogP contribution >= 0.6 is 23.7 Å². The second-order valence-electron chi connectivity index (χ2n) is 8.40. The van der Waals surface area contributed by atoms with Crippen LogP contribution in [0, 0.1) is 6.92 Å². The molecule has 12 nitrogen and oxygen atoms in total. The Hall–Kier alpha value is -2.28. The summed E-state index contributed by atoms with van der Waals surface area (Å²) < 4.78 is 43.3. The van der Waals surface area contributed by atoms with Gasteiger partial charge < -0.3 is 18.7 Å². The van der Waals surface area contributed by atoms with Crippen molar-refractivity contribution in [2.75, 3.05) is 19.8 Å². The molecule has 0 spiro atoms. The summed E-state index contributed by atoms with van der Waals surface area (Å²) in [5, 5.41) is 2.61. The maximum atomic E-state index is 13.6. The van der Waals surface area contributed by atoms with Gasteiger partial charge in [0.15, 0.2) is 12.5 Å². The van der Waals surface area contributed by atoms with Gasteiger partial charge in [0, 0.05) is 16.2 Å². The van der Waals surface area contributed by atoms with Crippen LogP contribution in [-0.2, 0) is 28.1 Å². The van der Waals surface area contributed by atoms with E-state index in [1.807, 2.05) is 6.92 Å². The molecule has 2 aromatic rings. The zero-order valence-electron chi connectivity index (χ0n) is 20.8. The molecule has 0 amide bonds. The van der Waals surface area contributed by atoms with Gasteiger partial charge in [0.1, 0.15) is 18.4 Å². The third kappa shape index (κ3) is 8.62. The van der Waals surface area contributed by atoms with Gasteiger partial charge >= 0.3 is 19.4 Å². The van der Waals surface area contributed by atoms with Gasteiger partial charge in [0.25, 0.3) is 5.56 Å². The number of H-pyrrole nitrogens is 1. The molecule has 204 valence electrons. The van der Waals surface area contributed by atoms with Crippen molar-refractivity contribution >= 4 is 29.6 Å². The molecule has 1 aliphatic heterocycles. The summed E-state index contributed by atoms with van der Waals surface area (Å²) >= 11 is 3.32. The predicted molar refractivity (Wildman–Crippen MR) is 137 cm³/mol. The van der Waals surface area contributed by atoms with Crippen molar-refractivity contribution in [1.82, 2.24) is 14.6 Å². The maximum absolute atomic E-state index is 13.6. The van der Waals surface area contributed by atoms with Gasteiger partial charge in [-0.1, -0.05) is 35.7 Å². The first-order valence-electron chi connectivity index (χ1n) is 11.8. The van der Waals surface area contributed by atoms with Crippen LogP contribution in [0.3, 0.4) is 0 Å². The molecule has 0 radical (unpaired) electrons. The highest BCUT2D eigenvalue weighted by atomic mass is 79.9. The highest BCUT2D eigenvalue weighted by Gasteiger charge is 2.36. The fourth-order valence-corrected chi connectivity index (χ4v) is 5.04. The lowest BCUT2D eigenvalue weighted by atomic mass is 10.3. The average Bonchev–Trinajstić information content (AvgIpc) is 3.33. The molecular formula is C23H31BrN3O9P. The molecule has 2 heterocycles. The number of carbonyl (C=O) groups excluding carboxylic acids is 1. The summed E-state index contributed by atoms with van der Waals surface area (Å²) in [5.74, 6) is -0.357. The van der Waals surface area contributed by atoms with E-state index in [2.05, 4.69) is 26.0 Å². The first kappa shape index (κ1) is 29.3. The first-order chi connectivity index (χ1) is 17.6. The fourth-order valence-electron chi connectivity index (χ4n) is 3.30. The van der Waals surface area contributed by atoms with Crippen LogP contribution in [-0.4, -0.2) is 47.7 Å². The number of aryl methyl sites for hydroxylation is 1. The monoisotopic (exact) mass is 603 g/mol. The zero-order valence-corrected chi connectivity index (χ0v) is 23.3. The number of esters is 1. The Morgan fingerprint density at radius 1 is 1.30 bits per heavy atom. The molecule has 4 atom stereocenters. The zero-order chi connectivity index (χ0) is 27.0. The van der Waals surface area contributed by atoms with E-state index in [0.717, 1.165) is 23.7 Å². The molecule has 1 aromatic carbocycles. The minimum absolute atomic E-state index is 0.00872. The molecule has 0 aliphatic carbocycles. The lowest BCUT2D eigenvalue weighted by molar-refractivity contribution is -0.145. The van der Waals surface area contributed by atoms with Crippen LogP contribution in [0.2, 0.25) is 0 Å². The van der Waals surface area contributed by atoms with Crippen molar-refractivity contribution in [3.63, 3.8) is 0 Å². The van der Waals surface area contributed by atoms with Crippen molar-refractivity contribution in [3.05, 3.63) is 61.3 Å². The Kier molecular flexibility index (Phi) is 10.7. The molecule has 0 bridgehead atoms. The highest BCUT2D eigenvalue weighted by Crippen LogP contribution is 2.45. The maximum Gasteiger partial charge on any atom is 0.459 e. The van der Waals surface area contributed by atoms with E-state index < -0.39 is 43.5 Å². The molecule has 0 saturated carbocycles. The van der Waals surface area contributed by atoms with Crippen LogP contribution in [0.15, 0.2) is 44.5 Å². The number of benzene rings is 1. The van der Waals surface area contributed by atoms with Crippen LogP contribution in [0.5, 0.6) is 5.75 Å². The van der Waals surface area contributed by atoms with E-state index in [4.69, 9.17) is 23.3 Å². The van der Waals surface area contributed by atoms with Crippen molar-refractivity contribution < 1.29 is 32.6 Å². The molecule has 1 unspecified atom stereocenters. The van der Waals surface area contributed by atoms with Crippen LogP contribution < -0.4 is 20.9 Å². The van der Waals surface area contributed by atoms with E-state index >= 15 is 0 Å². The highest BCUT2D eigenvalue weighted by molar-refractivity contribution is 9.10. The molecule has 1 aromatic heterocycles. The Labute approximate surface area is 222 Å². The molecule has 2 N–H and O–H groups in total. The molecule has 37 heavy (non-hydrogen) atoms. The SMILES string of the molecule is CCCCCOC(=O)[C@H](C)NP(=O)(OC[C@@H]1OC[C@H](n2cc(C)c(=O)[nH]c2=O)O1)Oc1ccc(Br)cc1. The molecule has 1 fully saturated rings. The number of aromatic amines is 1. The Balaban J connectivity index is 1.66. The number of unbranched alkanes of at least 4 members (excludes halogenated alkanes) is 2. The number of hydrogen-bond donors (Lipinski definition) is 2. The fraction of sp³-hybridized carbons (Fsp3) is 0.522. The summed E-state index contributed by atoms with van der Waals surface area (Å²) in [6.07, 6.45) is 2.19. The lowest BCUT2D eigenvalue weighted by Gasteiger charge is -2.24. The predicted octanol–water partition coefficient (Wildman–Crippen LogP) is 3.39. The van der Waals surface area contributed by atoms with Gasteiger partial charge in [-0.05, 0) is 44.5 Å². The Morgan fingerprint density at radius 2 is 2.03 bits per heavy atom. The summed E-state index contributed by atoms with van der Waals surface area (Å²) in [6.45, 7) is 5.00. The summed E-state index contributed by atoms with van der Waals surface area (Å²) in [6, 6.07) is 5.56. The third-order valence-corrected chi connectivity index (χ3v) is 7.48. The normalized spacial score (nSPS) is 19.8. The summed E-state index contributed by atoms with van der Waals surface area (Å²) in [7, 11) is -4.12. The second-order valence-corrected chi connectivity index (χ2v) is 11.0. The number of aromatic nitrogens is 2. The molecule has 1 saturated heterocycles. The summed E-state index contributed by atoms with van der Waals surface area (Å²) in [5.41, 5.74) is -0.812. The van der Waals surface area contributed by atoms with E-state index in [1.165, 1.54) is 17.7 Å². The van der Waals surface area contributed by atoms with Gasteiger partial charge in [-0.15, -0.1) is 0 Å². The summed E-state index contributed by atoms with van der Waals surface area (Å²) in [4.78, 5) is 38.4. The number of ether oxygens (including phenoxy) is 3. The minimum atomic E-state index is -4.12. The Bertz CT molecular complexity index is 1220. The van der Waals surface area contributed by atoms with Crippen molar-refractivity contribution in [2.24, 2.45) is 0 Å². The van der Waals surface area contributed by atoms with Crippen molar-refractivity contribution in [3.8, 4) is 5.75 Å². The molecule has 14 heteroatoms. The van der Waals surface area contributed by atoms with E-state index in [0.29, 0.717) is 5.56 Å². The van der Waals surface area contributed by atoms with E-state index in [9.17, 15) is 18.9 Å². The average molecular weight is 604 g/mol. The number of halogens is 1. The van der Waals surface area contributed by atoms with Gasteiger partial charge in [0.2, 0.25) is 0 Å². The molecule has 3 rings (SSSR count). The van der Waals surface area contributed by atoms with Gasteiger partial charge in [0.05, 0.1) is 13.2 Å². The number of rotatable bonds is 13. The van der Waals surface area contributed by atoms with Crippen LogP contribution in [0.4, 0.5) is 0 Å². The quantitative estimate of drug-likeness (QED) is 0.198. The molecular weight excluding hydrogens is 573 g/mol. The number of hydrogen-bond acceptors (Lipinski definition) is 9. The smallest absolute Gasteiger partial charge is 0.459 e. The lowest BCUT2D eigenvalue weighted by Crippen LogP contribution is -2.36. The topological polar surface area (TPSA) is 147 Å². The van der Waals surface area contributed by atoms with E-state index in [-0.39, 0.29) is 25.6 Å². The Morgan fingerprint density at radius 3 is 2.73 bits per heavy atom. The van der Waals surface area contributed by atoms with Crippen LogP contribution in [0.25, 0.3) is 0 Å². The minimum Gasteiger partial charge on any atom is -0.465 e. The number of nitrogens with zero attached hydrogens (tertiary/aromatic N) is 1. The van der Waals surface area contributed by atoms with Crippen molar-refractivity contribution in [2.45, 2.75) is 58.6 Å². The van der Waals surface area contributed by atoms with Crippen LogP contribution in [0.1, 0.15) is 44.9 Å². The van der Waals surface area contributed by atoms with Gasteiger partial charge in [-0.3, -0.25) is 23.7 Å². The number of carbonyl (C=O) groups is 1. The number of nitrogens with one attached hydrogen (secondary N) is 2. The third-order valence-electron chi connectivity index (χ3n) is 5.31. The molecule has 1 aliphatic rings. The first-order valence-corrected chi connectivity index (χ1v) is 14.2. The van der Waals surface area contributed by atoms with E-state index in [1.54, 1.807) is 31.2 Å².